The van der Waals surface area contributed by atoms with Crippen molar-refractivity contribution in [3.63, 3.8) is 0 Å². The number of anilines is 1. The van der Waals surface area contributed by atoms with Gasteiger partial charge in [0.2, 0.25) is 0 Å². The molecule has 0 amide bonds. The molecule has 1 saturated heterocycles. The van der Waals surface area contributed by atoms with Gasteiger partial charge in [-0.3, -0.25) is 9.13 Å². The fourth-order valence-electron chi connectivity index (χ4n) is 4.96. The van der Waals surface area contributed by atoms with Crippen LogP contribution >= 0.6 is 26.8 Å². The average molecular weight is 643 g/mol. The maximum absolute atomic E-state index is 13.1. The zero-order valence-corrected chi connectivity index (χ0v) is 23.3. The molecule has 5 rings (SSSR count). The van der Waals surface area contributed by atoms with Crippen molar-refractivity contribution in [1.82, 2.24) is 14.8 Å². The highest BCUT2D eigenvalue weighted by atomic mass is 35.5. The molecule has 0 bridgehead atoms. The van der Waals surface area contributed by atoms with Crippen molar-refractivity contribution in [2.75, 3.05) is 17.8 Å². The van der Waals surface area contributed by atoms with Crippen LogP contribution in [0.1, 0.15) is 35.4 Å². The highest BCUT2D eigenvalue weighted by molar-refractivity contribution is 7.70. The molecule has 0 radical (unpaired) electrons. The number of benzene rings is 1. The van der Waals surface area contributed by atoms with Crippen LogP contribution in [0.15, 0.2) is 30.5 Å². The van der Waals surface area contributed by atoms with Crippen molar-refractivity contribution in [3.8, 4) is 0 Å². The van der Waals surface area contributed by atoms with Gasteiger partial charge >= 0.3 is 21.4 Å². The zero-order valence-electron chi connectivity index (χ0n) is 20.7. The summed E-state index contributed by atoms with van der Waals surface area (Å²) in [5.41, 5.74) is 1.12. The SMILES string of the molecule is O=P(O)(O)CP(=O)(O)OC[C@H]1O[C@@H](n2ncc3c(N[C@@H]4CCc5cc(C(F)(F)F)ccc54)cc(Cl)nc32)[C@H](O)[C@@H]1O. The Balaban J connectivity index is 1.36. The van der Waals surface area contributed by atoms with Crippen molar-refractivity contribution in [3.05, 3.63) is 52.3 Å². The van der Waals surface area contributed by atoms with Crippen LogP contribution in [0.25, 0.3) is 11.0 Å². The van der Waals surface area contributed by atoms with Crippen LogP contribution in [-0.2, 0) is 31.0 Å². The van der Waals surface area contributed by atoms with Gasteiger partial charge in [-0.2, -0.15) is 18.3 Å². The predicted octanol–water partition coefficient (Wildman–Crippen LogP) is 3.16. The summed E-state index contributed by atoms with van der Waals surface area (Å²) in [5, 5.41) is 29.0. The van der Waals surface area contributed by atoms with E-state index in [1.165, 1.54) is 18.3 Å². The first kappa shape index (κ1) is 30.4. The average Bonchev–Trinajstić information content (AvgIpc) is 3.52. The molecule has 3 aromatic rings. The summed E-state index contributed by atoms with van der Waals surface area (Å²) in [6.07, 6.45) is -8.11. The van der Waals surface area contributed by atoms with Gasteiger partial charge < -0.3 is 39.5 Å². The number of aromatic nitrogens is 3. The van der Waals surface area contributed by atoms with Gasteiger partial charge in [-0.05, 0) is 42.2 Å². The van der Waals surface area contributed by atoms with Crippen molar-refractivity contribution in [2.24, 2.45) is 0 Å². The Bertz CT molecular complexity index is 1570. The number of hydrogen-bond donors (Lipinski definition) is 6. The zero-order chi connectivity index (χ0) is 29.9. The smallest absolute Gasteiger partial charge is 0.387 e. The van der Waals surface area contributed by atoms with E-state index in [2.05, 4.69) is 15.4 Å². The van der Waals surface area contributed by atoms with Gasteiger partial charge in [0.05, 0.1) is 35.5 Å². The van der Waals surface area contributed by atoms with Gasteiger partial charge in [-0.15, -0.1) is 0 Å². The number of rotatable bonds is 8. The Morgan fingerprint density at radius 1 is 1.17 bits per heavy atom. The fourth-order valence-corrected chi connectivity index (χ4v) is 7.72. The Labute approximate surface area is 234 Å². The van der Waals surface area contributed by atoms with E-state index in [1.54, 1.807) is 0 Å². The van der Waals surface area contributed by atoms with E-state index in [-0.39, 0.29) is 16.8 Å². The number of ether oxygens (including phenoxy) is 1. The fraction of sp³-hybridized carbons (Fsp3) is 0.455. The number of fused-ring (bicyclic) bond motifs is 2. The molecule has 2 aliphatic rings. The van der Waals surface area contributed by atoms with E-state index in [1.807, 2.05) is 0 Å². The molecule has 2 aromatic heterocycles. The van der Waals surface area contributed by atoms with Gasteiger partial charge in [-0.25, -0.2) is 9.67 Å². The topological polar surface area (TPSA) is 196 Å². The molecule has 3 heterocycles. The Kier molecular flexibility index (Phi) is 8.05. The number of aliphatic hydroxyl groups is 2. The lowest BCUT2D eigenvalue weighted by Gasteiger charge is -2.19. The number of pyridine rings is 1. The van der Waals surface area contributed by atoms with Crippen LogP contribution in [0.3, 0.4) is 0 Å². The van der Waals surface area contributed by atoms with Gasteiger partial charge in [0.15, 0.2) is 17.8 Å². The monoisotopic (exact) mass is 642 g/mol. The standard InChI is InChI=1S/C22H24ClF3N4O9P2/c23-17-6-15(28-14-4-1-10-5-11(22(24,25)26)2-3-12(10)14)13-7-27-30(20(13)29-17)21-19(32)18(31)16(39-21)8-38-41(36,37)9-40(33,34)35/h2-3,5-7,14,16,18-19,21,31-32H,1,4,8-9H2,(H,28,29)(H,36,37)(H2,33,34,35)/t14-,16-,18-,19-,21-/m1/s1. The lowest BCUT2D eigenvalue weighted by Crippen LogP contribution is -2.33. The molecule has 6 N–H and O–H groups in total. The van der Waals surface area contributed by atoms with E-state index in [4.69, 9.17) is 30.6 Å². The molecule has 1 aromatic carbocycles. The first-order chi connectivity index (χ1) is 19.0. The molecule has 0 spiro atoms. The van der Waals surface area contributed by atoms with E-state index in [9.17, 15) is 37.4 Å². The molecule has 13 nitrogen and oxygen atoms in total. The van der Waals surface area contributed by atoms with Crippen LogP contribution in [0.2, 0.25) is 5.15 Å². The molecule has 1 fully saturated rings. The summed E-state index contributed by atoms with van der Waals surface area (Å²) in [6, 6.07) is 4.77. The summed E-state index contributed by atoms with van der Waals surface area (Å²) in [5.74, 6) is -1.44. The van der Waals surface area contributed by atoms with Gasteiger partial charge in [0.25, 0.3) is 0 Å². The Hall–Kier alpha value is -2.10. The Morgan fingerprint density at radius 2 is 1.90 bits per heavy atom. The van der Waals surface area contributed by atoms with Crippen LogP contribution in [-0.4, -0.2) is 70.5 Å². The molecule has 1 aliphatic heterocycles. The highest BCUT2D eigenvalue weighted by Crippen LogP contribution is 2.55. The van der Waals surface area contributed by atoms with E-state index in [0.717, 1.165) is 16.8 Å². The van der Waals surface area contributed by atoms with Crippen molar-refractivity contribution < 1.29 is 56.5 Å². The highest BCUT2D eigenvalue weighted by Gasteiger charge is 2.46. The first-order valence-electron chi connectivity index (χ1n) is 12.1. The second-order valence-electron chi connectivity index (χ2n) is 9.75. The van der Waals surface area contributed by atoms with E-state index < -0.39 is 64.0 Å². The largest absolute Gasteiger partial charge is 0.416 e. The van der Waals surface area contributed by atoms with Crippen LogP contribution in [0.5, 0.6) is 0 Å². The third kappa shape index (κ3) is 6.47. The summed E-state index contributed by atoms with van der Waals surface area (Å²) in [7, 11) is -9.63. The number of halogens is 4. The number of nitrogens with zero attached hydrogens (tertiary/aromatic N) is 3. The molecule has 6 atom stereocenters. The summed E-state index contributed by atoms with van der Waals surface area (Å²) in [6.45, 7) is -0.778. The van der Waals surface area contributed by atoms with Gasteiger partial charge in [0.1, 0.15) is 23.5 Å². The summed E-state index contributed by atoms with van der Waals surface area (Å²) < 4.78 is 73.9. The predicted molar refractivity (Wildman–Crippen MR) is 137 cm³/mol. The van der Waals surface area contributed by atoms with Crippen molar-refractivity contribution >= 4 is 43.5 Å². The van der Waals surface area contributed by atoms with Crippen LogP contribution < -0.4 is 5.32 Å². The quantitative estimate of drug-likeness (QED) is 0.155. The van der Waals surface area contributed by atoms with Crippen LogP contribution in [0, 0.1) is 0 Å². The number of hydrogen-bond acceptors (Lipinski definition) is 9. The van der Waals surface area contributed by atoms with Crippen molar-refractivity contribution in [2.45, 2.75) is 49.6 Å². The van der Waals surface area contributed by atoms with E-state index in [0.29, 0.717) is 35.0 Å². The lowest BCUT2D eigenvalue weighted by molar-refractivity contribution is -0.137. The first-order valence-corrected chi connectivity index (χ1v) is 16.0. The number of aliphatic hydroxyl groups excluding tert-OH is 2. The molecule has 19 heteroatoms. The minimum absolute atomic E-state index is 0.0129. The lowest BCUT2D eigenvalue weighted by atomic mass is 10.0. The molecule has 1 unspecified atom stereocenters. The van der Waals surface area contributed by atoms with Gasteiger partial charge in [0, 0.05) is 0 Å². The Morgan fingerprint density at radius 3 is 2.59 bits per heavy atom. The number of nitrogens with one attached hydrogen (secondary N) is 1. The van der Waals surface area contributed by atoms with Crippen LogP contribution in [0.4, 0.5) is 18.9 Å². The molecule has 224 valence electrons. The summed E-state index contributed by atoms with van der Waals surface area (Å²) >= 11 is 6.25. The summed E-state index contributed by atoms with van der Waals surface area (Å²) in [4.78, 5) is 31.8. The number of alkyl halides is 3. The number of aryl methyl sites for hydroxylation is 1. The third-order valence-corrected chi connectivity index (χ3v) is 10.4. The maximum atomic E-state index is 13.1. The maximum Gasteiger partial charge on any atom is 0.416 e. The van der Waals surface area contributed by atoms with Gasteiger partial charge in [-0.1, -0.05) is 17.7 Å². The molecule has 41 heavy (non-hydrogen) atoms. The second kappa shape index (κ2) is 10.9. The molecular weight excluding hydrogens is 619 g/mol. The third-order valence-electron chi connectivity index (χ3n) is 6.79. The minimum Gasteiger partial charge on any atom is -0.387 e. The second-order valence-corrected chi connectivity index (χ2v) is 14.1. The normalized spacial score (nSPS) is 26.3. The molecular formula is C22H24ClF3N4O9P2. The molecule has 0 saturated carbocycles. The molecule has 1 aliphatic carbocycles. The van der Waals surface area contributed by atoms with Crippen molar-refractivity contribution in [1.29, 1.82) is 0 Å². The minimum atomic E-state index is -4.88. The van der Waals surface area contributed by atoms with E-state index >= 15 is 0 Å².